The Hall–Kier alpha value is -4.01. The van der Waals surface area contributed by atoms with Gasteiger partial charge in [0, 0.05) is 43.6 Å². The molecule has 184 valence electrons. The second kappa shape index (κ2) is 8.58. The van der Waals surface area contributed by atoms with Gasteiger partial charge in [0.15, 0.2) is 5.65 Å². The Morgan fingerprint density at radius 1 is 1.03 bits per heavy atom. The zero-order valence-electron chi connectivity index (χ0n) is 20.5. The number of rotatable bonds is 3. The first-order chi connectivity index (χ1) is 17.4. The van der Waals surface area contributed by atoms with E-state index in [1.165, 1.54) is 11.9 Å². The summed E-state index contributed by atoms with van der Waals surface area (Å²) in [5, 5.41) is 0. The van der Waals surface area contributed by atoms with E-state index < -0.39 is 0 Å². The number of amides is 1. The normalized spacial score (nSPS) is 17.8. The number of hydrogen-bond donors (Lipinski definition) is 1. The summed E-state index contributed by atoms with van der Waals surface area (Å²) in [6.07, 6.45) is 5.64. The molecule has 2 aliphatic heterocycles. The van der Waals surface area contributed by atoms with Crippen LogP contribution in [-0.4, -0.2) is 50.0 Å². The van der Waals surface area contributed by atoms with Gasteiger partial charge in [-0.05, 0) is 48.4 Å². The van der Waals surface area contributed by atoms with Gasteiger partial charge in [-0.15, -0.1) is 0 Å². The number of aromatic nitrogens is 5. The fourth-order valence-corrected chi connectivity index (χ4v) is 5.59. The first kappa shape index (κ1) is 22.5. The minimum absolute atomic E-state index is 0.0252. The summed E-state index contributed by atoms with van der Waals surface area (Å²) in [6, 6.07) is 13.8. The number of benzene rings is 1. The number of nitrogens with one attached hydrogen (secondary N) is 1. The Kier molecular flexibility index (Phi) is 5.35. The Balaban J connectivity index is 1.21. The molecule has 0 aliphatic carbocycles. The second-order valence-corrected chi connectivity index (χ2v) is 10.3. The lowest BCUT2D eigenvalue weighted by Gasteiger charge is -2.39. The molecule has 5 heterocycles. The predicted molar refractivity (Wildman–Crippen MR) is 139 cm³/mol. The molecule has 2 aliphatic rings. The van der Waals surface area contributed by atoms with E-state index in [1.807, 2.05) is 39.8 Å². The molecular weight excluding hydrogens is 454 g/mol. The maximum atomic E-state index is 13.5. The molecular formula is C27H29N7O2. The first-order valence-electron chi connectivity index (χ1n) is 12.5. The highest BCUT2D eigenvalue weighted by atomic mass is 16.2. The molecule has 1 saturated heterocycles. The molecule has 4 aromatic rings. The van der Waals surface area contributed by atoms with Crippen LogP contribution in [0.5, 0.6) is 0 Å². The summed E-state index contributed by atoms with van der Waals surface area (Å²) in [6.45, 7) is 6.56. The molecule has 0 unspecified atom stereocenters. The van der Waals surface area contributed by atoms with Gasteiger partial charge in [-0.25, -0.2) is 19.7 Å². The van der Waals surface area contributed by atoms with Gasteiger partial charge in [0.05, 0.1) is 5.52 Å². The summed E-state index contributed by atoms with van der Waals surface area (Å²) in [5.41, 5.74) is 3.89. The van der Waals surface area contributed by atoms with Crippen molar-refractivity contribution in [2.45, 2.75) is 44.6 Å². The van der Waals surface area contributed by atoms with Crippen molar-refractivity contribution < 1.29 is 4.79 Å². The highest BCUT2D eigenvalue weighted by Gasteiger charge is 2.34. The van der Waals surface area contributed by atoms with Gasteiger partial charge in [0.1, 0.15) is 17.8 Å². The molecule has 1 fully saturated rings. The van der Waals surface area contributed by atoms with Gasteiger partial charge in [-0.2, -0.15) is 0 Å². The molecule has 36 heavy (non-hydrogen) atoms. The Morgan fingerprint density at radius 3 is 2.67 bits per heavy atom. The summed E-state index contributed by atoms with van der Waals surface area (Å²) < 4.78 is 1.82. The number of para-hydroxylation sites is 1. The minimum atomic E-state index is -0.123. The lowest BCUT2D eigenvalue weighted by Crippen LogP contribution is -2.41. The number of anilines is 2. The van der Waals surface area contributed by atoms with E-state index >= 15 is 0 Å². The zero-order chi connectivity index (χ0) is 24.9. The van der Waals surface area contributed by atoms with E-state index in [0.29, 0.717) is 17.9 Å². The Labute approximate surface area is 208 Å². The van der Waals surface area contributed by atoms with E-state index in [1.54, 1.807) is 12.3 Å². The van der Waals surface area contributed by atoms with Crippen LogP contribution in [0.2, 0.25) is 0 Å². The van der Waals surface area contributed by atoms with Gasteiger partial charge in [0.25, 0.3) is 5.91 Å². The second-order valence-electron chi connectivity index (χ2n) is 10.3. The zero-order valence-corrected chi connectivity index (χ0v) is 20.5. The van der Waals surface area contributed by atoms with Crippen LogP contribution in [0.25, 0.3) is 11.2 Å². The largest absolute Gasteiger partial charge is 0.356 e. The molecule has 0 spiro atoms. The van der Waals surface area contributed by atoms with Gasteiger partial charge in [-0.3, -0.25) is 14.3 Å². The average Bonchev–Trinajstić information content (AvgIpc) is 3.24. The van der Waals surface area contributed by atoms with E-state index in [2.05, 4.69) is 44.7 Å². The van der Waals surface area contributed by atoms with Gasteiger partial charge >= 0.3 is 5.69 Å². The molecule has 1 aromatic carbocycles. The van der Waals surface area contributed by atoms with E-state index in [-0.39, 0.29) is 23.1 Å². The molecule has 0 atom stereocenters. The van der Waals surface area contributed by atoms with Crippen LogP contribution in [0.4, 0.5) is 11.5 Å². The van der Waals surface area contributed by atoms with Crippen LogP contribution >= 0.6 is 0 Å². The van der Waals surface area contributed by atoms with Crippen molar-refractivity contribution in [2.24, 2.45) is 0 Å². The number of pyridine rings is 1. The Morgan fingerprint density at radius 2 is 1.83 bits per heavy atom. The number of imidazole rings is 1. The standard InChI is InChI=1S/C27H29N7O2/c1-27(2)11-15-33(21-7-4-3-6-19(21)27)25(35)20-16-23(30-17-29-20)32-13-9-18(10-14-32)34-22-8-5-12-28-24(22)31-26(34)36/h3-8,12,16-18H,9-11,13-15H2,1-2H3,(H,28,31,36). The molecule has 6 rings (SSSR count). The SMILES string of the molecule is CC1(C)CCN(C(=O)c2cc(N3CCC(n4c(=O)[nH]c5ncccc54)CC3)ncn2)c2ccccc21. The molecule has 9 heteroatoms. The van der Waals surface area contributed by atoms with E-state index in [0.717, 1.165) is 49.4 Å². The summed E-state index contributed by atoms with van der Waals surface area (Å²) in [7, 11) is 0. The average molecular weight is 484 g/mol. The summed E-state index contributed by atoms with van der Waals surface area (Å²) >= 11 is 0. The van der Waals surface area contributed by atoms with E-state index in [4.69, 9.17) is 0 Å². The fraction of sp³-hybridized carbons (Fsp3) is 0.370. The van der Waals surface area contributed by atoms with Crippen LogP contribution in [0.1, 0.15) is 55.2 Å². The highest BCUT2D eigenvalue weighted by Crippen LogP contribution is 2.40. The smallest absolute Gasteiger partial charge is 0.327 e. The number of fused-ring (bicyclic) bond motifs is 2. The first-order valence-corrected chi connectivity index (χ1v) is 12.5. The predicted octanol–water partition coefficient (Wildman–Crippen LogP) is 3.68. The van der Waals surface area contributed by atoms with Gasteiger partial charge in [0.2, 0.25) is 0 Å². The van der Waals surface area contributed by atoms with Crippen LogP contribution in [-0.2, 0) is 5.41 Å². The van der Waals surface area contributed by atoms with Crippen molar-refractivity contribution in [2.75, 3.05) is 29.4 Å². The number of nitrogens with zero attached hydrogens (tertiary/aromatic N) is 6. The van der Waals surface area contributed by atoms with Gasteiger partial charge < -0.3 is 9.80 Å². The maximum absolute atomic E-state index is 13.5. The van der Waals surface area contributed by atoms with Crippen molar-refractivity contribution >= 4 is 28.6 Å². The number of aromatic amines is 1. The van der Waals surface area contributed by atoms with Crippen molar-refractivity contribution in [3.8, 4) is 0 Å². The molecule has 9 nitrogen and oxygen atoms in total. The summed E-state index contributed by atoms with van der Waals surface area (Å²) in [4.78, 5) is 46.1. The van der Waals surface area contributed by atoms with Crippen LogP contribution < -0.4 is 15.5 Å². The molecule has 0 radical (unpaired) electrons. The molecule has 3 aromatic heterocycles. The van der Waals surface area contributed by atoms with Crippen LogP contribution in [0.3, 0.4) is 0 Å². The number of piperidine rings is 1. The van der Waals surface area contributed by atoms with Crippen molar-refractivity contribution in [1.82, 2.24) is 24.5 Å². The number of hydrogen-bond acceptors (Lipinski definition) is 6. The number of H-pyrrole nitrogens is 1. The highest BCUT2D eigenvalue weighted by molar-refractivity contribution is 6.06. The molecule has 1 amide bonds. The third-order valence-electron chi connectivity index (χ3n) is 7.65. The van der Waals surface area contributed by atoms with Crippen molar-refractivity contribution in [1.29, 1.82) is 0 Å². The topological polar surface area (TPSA) is 100 Å². The third kappa shape index (κ3) is 3.75. The molecule has 0 saturated carbocycles. The van der Waals surface area contributed by atoms with Crippen LogP contribution in [0, 0.1) is 0 Å². The lowest BCUT2D eigenvalue weighted by molar-refractivity contribution is 0.0977. The third-order valence-corrected chi connectivity index (χ3v) is 7.65. The Bertz CT molecular complexity index is 1500. The van der Waals surface area contributed by atoms with Crippen LogP contribution in [0.15, 0.2) is 59.8 Å². The van der Waals surface area contributed by atoms with Gasteiger partial charge in [-0.1, -0.05) is 32.0 Å². The molecule has 1 N–H and O–H groups in total. The fourth-order valence-electron chi connectivity index (χ4n) is 5.59. The number of carbonyl (C=O) groups is 1. The summed E-state index contributed by atoms with van der Waals surface area (Å²) in [5.74, 6) is 0.639. The monoisotopic (exact) mass is 483 g/mol. The van der Waals surface area contributed by atoms with Crippen molar-refractivity contribution in [3.63, 3.8) is 0 Å². The van der Waals surface area contributed by atoms with Crippen molar-refractivity contribution in [3.05, 3.63) is 76.7 Å². The molecule has 0 bridgehead atoms. The van der Waals surface area contributed by atoms with E-state index in [9.17, 15) is 9.59 Å². The quantitative estimate of drug-likeness (QED) is 0.477. The maximum Gasteiger partial charge on any atom is 0.327 e. The lowest BCUT2D eigenvalue weighted by atomic mass is 9.77. The minimum Gasteiger partial charge on any atom is -0.356 e. The number of carbonyl (C=O) groups excluding carboxylic acids is 1.